The quantitative estimate of drug-likeness (QED) is 0.706. The minimum absolute atomic E-state index is 0.289. The average molecular weight is 419 g/mol. The third-order valence-corrected chi connectivity index (χ3v) is 6.94. The Hall–Kier alpha value is -2.32. The minimum atomic E-state index is -4.21. The van der Waals surface area contributed by atoms with Crippen LogP contribution in [0.4, 0.5) is 10.5 Å². The van der Waals surface area contributed by atoms with Crippen molar-refractivity contribution >= 4 is 21.7 Å². The van der Waals surface area contributed by atoms with Gasteiger partial charge in [0.25, 0.3) is 10.0 Å². The second kappa shape index (κ2) is 6.88. The Kier molecular flexibility index (Phi) is 4.74. The molecule has 4 rings (SSSR count). The molecule has 0 radical (unpaired) electrons. The maximum Gasteiger partial charge on any atom is 0.333 e. The van der Waals surface area contributed by atoms with Crippen LogP contribution >= 0.6 is 0 Å². The van der Waals surface area contributed by atoms with Gasteiger partial charge in [-0.25, -0.2) is 9.52 Å². The summed E-state index contributed by atoms with van der Waals surface area (Å²) in [4.78, 5) is 12.6. The maximum atomic E-state index is 12.6. The van der Waals surface area contributed by atoms with Crippen LogP contribution in [0.3, 0.4) is 0 Å². The zero-order chi connectivity index (χ0) is 21.0. The molecule has 0 saturated carbocycles. The molecule has 1 heterocycles. The summed E-state index contributed by atoms with van der Waals surface area (Å²) in [5.41, 5.74) is 4.62. The Labute approximate surface area is 170 Å². The highest BCUT2D eigenvalue weighted by molar-refractivity contribution is 7.89. The molecule has 0 unspecified atom stereocenters. The molecule has 2 aromatic rings. The van der Waals surface area contributed by atoms with Crippen molar-refractivity contribution in [2.75, 3.05) is 5.32 Å². The number of rotatable bonds is 4. The largest absolute Gasteiger partial charge is 0.448 e. The third kappa shape index (κ3) is 3.67. The number of furan rings is 1. The Morgan fingerprint density at radius 3 is 2.17 bits per heavy atom. The molecule has 1 aromatic carbocycles. The molecule has 1 aromatic heterocycles. The van der Waals surface area contributed by atoms with Gasteiger partial charge in [0.05, 0.1) is 5.60 Å². The van der Waals surface area contributed by atoms with Gasteiger partial charge in [-0.3, -0.25) is 0 Å². The number of sulfonamides is 1. The van der Waals surface area contributed by atoms with Crippen LogP contribution in [-0.4, -0.2) is 19.6 Å². The molecule has 2 aliphatic carbocycles. The van der Waals surface area contributed by atoms with Crippen molar-refractivity contribution in [3.63, 3.8) is 0 Å². The van der Waals surface area contributed by atoms with Crippen LogP contribution in [0.25, 0.3) is 0 Å². The number of hydrogen-bond acceptors (Lipinski definition) is 5. The highest BCUT2D eigenvalue weighted by Crippen LogP contribution is 2.38. The van der Waals surface area contributed by atoms with E-state index in [-0.39, 0.29) is 5.76 Å². The van der Waals surface area contributed by atoms with Gasteiger partial charge in [0, 0.05) is 17.3 Å². The Morgan fingerprint density at radius 1 is 1.07 bits per heavy atom. The maximum absolute atomic E-state index is 12.6. The molecule has 8 heteroatoms. The van der Waals surface area contributed by atoms with Gasteiger partial charge in [-0.2, -0.15) is 8.42 Å². The molecule has 0 aliphatic heterocycles. The first-order chi connectivity index (χ1) is 13.6. The minimum Gasteiger partial charge on any atom is -0.448 e. The second-order valence-electron chi connectivity index (χ2n) is 8.39. The zero-order valence-electron chi connectivity index (χ0n) is 16.9. The van der Waals surface area contributed by atoms with Crippen LogP contribution in [0.15, 0.2) is 21.6 Å². The first-order valence-corrected chi connectivity index (χ1v) is 11.4. The van der Waals surface area contributed by atoms with E-state index in [1.54, 1.807) is 6.92 Å². The van der Waals surface area contributed by atoms with Gasteiger partial charge in [0.15, 0.2) is 0 Å². The number of benzene rings is 1. The van der Waals surface area contributed by atoms with Crippen LogP contribution in [-0.2, 0) is 41.3 Å². The smallest absolute Gasteiger partial charge is 0.333 e. The molecule has 156 valence electrons. The number of nitrogens with one attached hydrogen (secondary N) is 2. The number of aryl methyl sites for hydroxylation is 3. The Balaban J connectivity index is 1.58. The monoisotopic (exact) mass is 418 g/mol. The van der Waals surface area contributed by atoms with Crippen molar-refractivity contribution in [2.45, 2.75) is 70.0 Å². The lowest BCUT2D eigenvalue weighted by Crippen LogP contribution is -2.34. The summed E-state index contributed by atoms with van der Waals surface area (Å²) >= 11 is 0. The van der Waals surface area contributed by atoms with Gasteiger partial charge in [-0.1, -0.05) is 6.07 Å². The number of aliphatic hydroxyl groups is 1. The highest BCUT2D eigenvalue weighted by atomic mass is 32.2. The van der Waals surface area contributed by atoms with Crippen LogP contribution in [0.5, 0.6) is 0 Å². The summed E-state index contributed by atoms with van der Waals surface area (Å²) in [5, 5.41) is 12.6. The molecule has 29 heavy (non-hydrogen) atoms. The van der Waals surface area contributed by atoms with E-state index in [1.165, 1.54) is 31.0 Å². The molecule has 3 N–H and O–H groups in total. The van der Waals surface area contributed by atoms with Crippen LogP contribution < -0.4 is 10.0 Å². The molecule has 7 nitrogen and oxygen atoms in total. The van der Waals surface area contributed by atoms with E-state index < -0.39 is 26.7 Å². The van der Waals surface area contributed by atoms with E-state index in [1.807, 2.05) is 4.72 Å². The number of amides is 2. The molecular formula is C21H26N2O5S. The predicted octanol–water partition coefficient (Wildman–Crippen LogP) is 3.30. The first kappa shape index (κ1) is 20.0. The van der Waals surface area contributed by atoms with Crippen molar-refractivity contribution in [3.8, 4) is 0 Å². The fourth-order valence-corrected chi connectivity index (χ4v) is 5.38. The van der Waals surface area contributed by atoms with Crippen LogP contribution in [0.1, 0.15) is 60.3 Å². The molecule has 0 bridgehead atoms. The van der Waals surface area contributed by atoms with E-state index in [4.69, 9.17) is 4.42 Å². The van der Waals surface area contributed by atoms with Crippen molar-refractivity contribution in [1.82, 2.24) is 4.72 Å². The van der Waals surface area contributed by atoms with Crippen molar-refractivity contribution in [3.05, 3.63) is 45.7 Å². The predicted molar refractivity (Wildman–Crippen MR) is 109 cm³/mol. The zero-order valence-corrected chi connectivity index (χ0v) is 17.7. The van der Waals surface area contributed by atoms with Crippen molar-refractivity contribution < 1.29 is 22.7 Å². The van der Waals surface area contributed by atoms with Gasteiger partial charge in [-0.15, -0.1) is 0 Å². The number of anilines is 1. The molecule has 0 saturated heterocycles. The lowest BCUT2D eigenvalue weighted by atomic mass is 9.99. The number of fused-ring (bicyclic) bond motifs is 2. The van der Waals surface area contributed by atoms with E-state index in [0.29, 0.717) is 5.56 Å². The molecule has 0 spiro atoms. The summed E-state index contributed by atoms with van der Waals surface area (Å²) in [6, 6.07) is 2.69. The normalized spacial score (nSPS) is 15.9. The summed E-state index contributed by atoms with van der Waals surface area (Å²) in [6.45, 7) is 4.65. The van der Waals surface area contributed by atoms with Gasteiger partial charge in [-0.05, 0) is 81.5 Å². The van der Waals surface area contributed by atoms with Gasteiger partial charge in [0.1, 0.15) is 5.76 Å². The molecule has 0 atom stereocenters. The first-order valence-electron chi connectivity index (χ1n) is 9.90. The average Bonchev–Trinajstić information content (AvgIpc) is 3.31. The van der Waals surface area contributed by atoms with Gasteiger partial charge < -0.3 is 14.8 Å². The second-order valence-corrected chi connectivity index (χ2v) is 10.0. The molecule has 0 fully saturated rings. The molecule has 2 aliphatic rings. The number of urea groups is 1. The Morgan fingerprint density at radius 2 is 1.66 bits per heavy atom. The fraction of sp³-hybridized carbons (Fsp3) is 0.476. The van der Waals surface area contributed by atoms with Crippen LogP contribution in [0, 0.1) is 6.92 Å². The number of hydrogen-bond donors (Lipinski definition) is 3. The highest BCUT2D eigenvalue weighted by Gasteiger charge is 2.30. The van der Waals surface area contributed by atoms with Gasteiger partial charge in [0.2, 0.25) is 5.09 Å². The topological polar surface area (TPSA) is 109 Å². The fourth-order valence-electron chi connectivity index (χ4n) is 4.47. The third-order valence-electron chi connectivity index (χ3n) is 5.76. The summed E-state index contributed by atoms with van der Waals surface area (Å²) in [6.07, 6.45) is 5.83. The lowest BCUT2D eigenvalue weighted by molar-refractivity contribution is 0.0769. The van der Waals surface area contributed by atoms with E-state index >= 15 is 0 Å². The summed E-state index contributed by atoms with van der Waals surface area (Å²) in [7, 11) is -4.21. The van der Waals surface area contributed by atoms with Crippen molar-refractivity contribution in [1.29, 1.82) is 0 Å². The lowest BCUT2D eigenvalue weighted by Gasteiger charge is -2.16. The van der Waals surface area contributed by atoms with Gasteiger partial charge >= 0.3 is 6.03 Å². The summed E-state index contributed by atoms with van der Waals surface area (Å²) < 4.78 is 32.6. The molecular weight excluding hydrogens is 392 g/mol. The summed E-state index contributed by atoms with van der Waals surface area (Å²) in [5.74, 6) is 0.289. The van der Waals surface area contributed by atoms with E-state index in [0.717, 1.165) is 55.3 Å². The van der Waals surface area contributed by atoms with Crippen LogP contribution in [0.2, 0.25) is 0 Å². The Bertz CT molecular complexity index is 1060. The number of carbonyl (C=O) groups is 1. The molecule has 2 amide bonds. The SMILES string of the molecule is Cc1oc(S(=O)(=O)NC(=O)Nc2c3c(cc4c2CCC4)CCC3)cc1C(C)(C)O. The standard InChI is InChI=1S/C21H26N2O5S/c1-12-17(21(2,3)25)11-18(28-12)29(26,27)23-20(24)22-19-15-8-4-6-13(15)10-14-7-5-9-16(14)19/h10-11,25H,4-9H2,1-3H3,(H2,22,23,24). The van der Waals surface area contributed by atoms with E-state index in [9.17, 15) is 18.3 Å². The van der Waals surface area contributed by atoms with Crippen molar-refractivity contribution in [2.24, 2.45) is 0 Å². The van der Waals surface area contributed by atoms with E-state index in [2.05, 4.69) is 11.4 Å². The number of carbonyl (C=O) groups excluding carboxylic acids is 1.